The van der Waals surface area contributed by atoms with Crippen molar-refractivity contribution in [2.75, 3.05) is 6.54 Å². The van der Waals surface area contributed by atoms with Gasteiger partial charge in [0, 0.05) is 23.0 Å². The van der Waals surface area contributed by atoms with Gasteiger partial charge in [-0.05, 0) is 42.3 Å². The lowest BCUT2D eigenvalue weighted by molar-refractivity contribution is 0.304. The maximum absolute atomic E-state index is 6.55. The molecule has 0 unspecified atom stereocenters. The predicted molar refractivity (Wildman–Crippen MR) is 112 cm³/mol. The lowest BCUT2D eigenvalue weighted by Crippen LogP contribution is -2.38. The number of halogens is 1. The largest absolute Gasteiger partial charge is 0.358 e. The number of hydrazone groups is 1. The number of nitrogens with one attached hydrogen (secondary N) is 1. The highest BCUT2D eigenvalue weighted by Gasteiger charge is 2.43. The average Bonchev–Trinajstić information content (AvgIpc) is 3.06. The number of fused-ring (bicyclic) bond motifs is 3. The second kappa shape index (κ2) is 7.22. The summed E-state index contributed by atoms with van der Waals surface area (Å²) in [5, 5.41) is 11.5. The van der Waals surface area contributed by atoms with Crippen molar-refractivity contribution in [3.63, 3.8) is 0 Å². The molecule has 0 saturated carbocycles. The van der Waals surface area contributed by atoms with Gasteiger partial charge >= 0.3 is 0 Å². The summed E-state index contributed by atoms with van der Waals surface area (Å²) in [6.07, 6.45) is 3.87. The standard InChI is InChI=1S/C21H20ClN3S/c1-2-13-23-21(26)25-20(16-9-5-6-10-18(16)22)17-12-11-14-7-3-4-8-15(14)19(17)24-25/h2-10,17,20H,1,11-13H2,(H,23,26)/t17-,20+/m0/s1. The summed E-state index contributed by atoms with van der Waals surface area (Å²) in [5.74, 6) is 0.272. The predicted octanol–water partition coefficient (Wildman–Crippen LogP) is 4.72. The first kappa shape index (κ1) is 17.3. The second-order valence-electron chi connectivity index (χ2n) is 6.57. The zero-order valence-corrected chi connectivity index (χ0v) is 15.9. The first-order chi connectivity index (χ1) is 12.7. The van der Waals surface area contributed by atoms with E-state index in [1.54, 1.807) is 6.08 Å². The topological polar surface area (TPSA) is 27.6 Å². The van der Waals surface area contributed by atoms with E-state index >= 15 is 0 Å². The van der Waals surface area contributed by atoms with Gasteiger partial charge in [-0.2, -0.15) is 5.10 Å². The molecule has 1 aliphatic carbocycles. The molecule has 132 valence electrons. The van der Waals surface area contributed by atoms with Gasteiger partial charge in [-0.25, -0.2) is 5.01 Å². The van der Waals surface area contributed by atoms with Gasteiger partial charge in [-0.1, -0.05) is 60.1 Å². The molecule has 1 N–H and O–H groups in total. The van der Waals surface area contributed by atoms with Gasteiger partial charge in [0.05, 0.1) is 11.8 Å². The molecule has 0 amide bonds. The number of hydrogen-bond acceptors (Lipinski definition) is 2. The number of nitrogens with zero attached hydrogens (tertiary/aromatic N) is 2. The summed E-state index contributed by atoms with van der Waals surface area (Å²) in [4.78, 5) is 0. The molecule has 2 aromatic carbocycles. The van der Waals surface area contributed by atoms with E-state index in [0.717, 1.165) is 29.1 Å². The molecule has 0 fully saturated rings. The third-order valence-corrected chi connectivity index (χ3v) is 5.73. The summed E-state index contributed by atoms with van der Waals surface area (Å²) in [5.41, 5.74) is 4.77. The Bertz CT molecular complexity index is 892. The van der Waals surface area contributed by atoms with Crippen LogP contribution in [0, 0.1) is 5.92 Å². The number of rotatable bonds is 3. The quantitative estimate of drug-likeness (QED) is 0.615. The molecule has 5 heteroatoms. The van der Waals surface area contributed by atoms with Gasteiger partial charge in [0.1, 0.15) is 0 Å². The molecule has 1 heterocycles. The van der Waals surface area contributed by atoms with E-state index < -0.39 is 0 Å². The molecule has 3 nitrogen and oxygen atoms in total. The van der Waals surface area contributed by atoms with Crippen molar-refractivity contribution >= 4 is 34.6 Å². The number of benzene rings is 2. The molecule has 0 radical (unpaired) electrons. The van der Waals surface area contributed by atoms with Crippen molar-refractivity contribution in [1.29, 1.82) is 0 Å². The fourth-order valence-electron chi connectivity index (χ4n) is 3.90. The highest BCUT2D eigenvalue weighted by Crippen LogP contribution is 2.45. The first-order valence-electron chi connectivity index (χ1n) is 8.80. The van der Waals surface area contributed by atoms with Crippen LogP contribution in [0.15, 0.2) is 66.3 Å². The number of hydrogen-bond donors (Lipinski definition) is 1. The minimum absolute atomic E-state index is 0.0110. The van der Waals surface area contributed by atoms with E-state index in [1.165, 1.54) is 11.1 Å². The molecule has 0 saturated heterocycles. The molecule has 2 aliphatic rings. The molecular weight excluding hydrogens is 362 g/mol. The first-order valence-corrected chi connectivity index (χ1v) is 9.58. The molecule has 0 spiro atoms. The van der Waals surface area contributed by atoms with Crippen LogP contribution in [-0.4, -0.2) is 22.4 Å². The third-order valence-electron chi connectivity index (χ3n) is 5.06. The molecule has 4 rings (SSSR count). The molecule has 2 aromatic rings. The lowest BCUT2D eigenvalue weighted by atomic mass is 9.77. The van der Waals surface area contributed by atoms with Crippen molar-refractivity contribution in [3.05, 3.63) is 82.9 Å². The zero-order chi connectivity index (χ0) is 18.1. The van der Waals surface area contributed by atoms with Gasteiger partial charge in [0.2, 0.25) is 0 Å². The highest BCUT2D eigenvalue weighted by molar-refractivity contribution is 7.80. The van der Waals surface area contributed by atoms with Crippen LogP contribution in [0.3, 0.4) is 0 Å². The minimum Gasteiger partial charge on any atom is -0.358 e. The van der Waals surface area contributed by atoms with Crippen molar-refractivity contribution in [2.24, 2.45) is 11.0 Å². The van der Waals surface area contributed by atoms with Gasteiger partial charge in [0.25, 0.3) is 0 Å². The molecule has 2 atom stereocenters. The fourth-order valence-corrected chi connectivity index (χ4v) is 4.38. The van der Waals surface area contributed by atoms with Crippen LogP contribution >= 0.6 is 23.8 Å². The van der Waals surface area contributed by atoms with Crippen LogP contribution in [-0.2, 0) is 6.42 Å². The van der Waals surface area contributed by atoms with Crippen molar-refractivity contribution in [1.82, 2.24) is 10.3 Å². The Morgan fingerprint density at radius 1 is 1.27 bits per heavy atom. The van der Waals surface area contributed by atoms with E-state index in [9.17, 15) is 0 Å². The maximum Gasteiger partial charge on any atom is 0.190 e. The van der Waals surface area contributed by atoms with E-state index in [1.807, 2.05) is 23.2 Å². The zero-order valence-electron chi connectivity index (χ0n) is 14.4. The molecule has 0 bridgehead atoms. The van der Waals surface area contributed by atoms with Crippen molar-refractivity contribution < 1.29 is 0 Å². The SMILES string of the molecule is C=CCNC(=S)N1N=C2c3ccccc3CC[C@@H]2[C@H]1c1ccccc1Cl. The molecule has 0 aromatic heterocycles. The highest BCUT2D eigenvalue weighted by atomic mass is 35.5. The minimum atomic E-state index is 0.0110. The fraction of sp³-hybridized carbons (Fsp3) is 0.238. The Labute approximate surface area is 164 Å². The second-order valence-corrected chi connectivity index (χ2v) is 7.37. The Balaban J connectivity index is 1.79. The lowest BCUT2D eigenvalue weighted by Gasteiger charge is -2.31. The summed E-state index contributed by atoms with van der Waals surface area (Å²) in [7, 11) is 0. The van der Waals surface area contributed by atoms with E-state index in [0.29, 0.717) is 11.7 Å². The smallest absolute Gasteiger partial charge is 0.190 e. The Hall–Kier alpha value is -2.17. The van der Waals surface area contributed by atoms with Gasteiger partial charge in [-0.3, -0.25) is 0 Å². The summed E-state index contributed by atoms with van der Waals surface area (Å²) in [6, 6.07) is 16.5. The van der Waals surface area contributed by atoms with Crippen LogP contribution in [0.25, 0.3) is 0 Å². The molecule has 26 heavy (non-hydrogen) atoms. The van der Waals surface area contributed by atoms with Crippen molar-refractivity contribution in [2.45, 2.75) is 18.9 Å². The van der Waals surface area contributed by atoms with E-state index in [-0.39, 0.29) is 12.0 Å². The maximum atomic E-state index is 6.55. The van der Waals surface area contributed by atoms with E-state index in [2.05, 4.69) is 42.2 Å². The number of aryl methyl sites for hydroxylation is 1. The Morgan fingerprint density at radius 3 is 2.85 bits per heavy atom. The monoisotopic (exact) mass is 381 g/mol. The van der Waals surface area contributed by atoms with Gasteiger partial charge < -0.3 is 5.32 Å². The average molecular weight is 382 g/mol. The third kappa shape index (κ3) is 2.93. The van der Waals surface area contributed by atoms with Crippen LogP contribution < -0.4 is 5.32 Å². The Kier molecular flexibility index (Phi) is 4.79. The van der Waals surface area contributed by atoms with Gasteiger partial charge in [0.15, 0.2) is 5.11 Å². The summed E-state index contributed by atoms with van der Waals surface area (Å²) < 4.78 is 0. The summed E-state index contributed by atoms with van der Waals surface area (Å²) >= 11 is 12.2. The summed E-state index contributed by atoms with van der Waals surface area (Å²) in [6.45, 7) is 4.36. The molecule has 1 aliphatic heterocycles. The number of thiocarbonyl (C=S) groups is 1. The van der Waals surface area contributed by atoms with E-state index in [4.69, 9.17) is 28.9 Å². The van der Waals surface area contributed by atoms with Crippen LogP contribution in [0.2, 0.25) is 5.02 Å². The molecular formula is C21H20ClN3S. The van der Waals surface area contributed by atoms with Crippen LogP contribution in [0.5, 0.6) is 0 Å². The van der Waals surface area contributed by atoms with Gasteiger partial charge in [-0.15, -0.1) is 6.58 Å². The van der Waals surface area contributed by atoms with Crippen LogP contribution in [0.1, 0.15) is 29.2 Å². The Morgan fingerprint density at radius 2 is 2.04 bits per heavy atom. The normalized spacial score (nSPS) is 20.8. The van der Waals surface area contributed by atoms with Crippen molar-refractivity contribution in [3.8, 4) is 0 Å². The van der Waals surface area contributed by atoms with Crippen LogP contribution in [0.4, 0.5) is 0 Å².